The van der Waals surface area contributed by atoms with Gasteiger partial charge in [-0.3, -0.25) is 4.79 Å². The van der Waals surface area contributed by atoms with Gasteiger partial charge in [0, 0.05) is 6.54 Å². The van der Waals surface area contributed by atoms with E-state index in [1.165, 1.54) is 12.1 Å². The molecule has 0 aliphatic heterocycles. The minimum absolute atomic E-state index is 0.0265. The van der Waals surface area contributed by atoms with E-state index in [0.717, 1.165) is 13.0 Å². The van der Waals surface area contributed by atoms with Crippen LogP contribution in [0.1, 0.15) is 27.1 Å². The number of carbonyl (C=O) groups is 2. The van der Waals surface area contributed by atoms with Crippen LogP contribution in [0.3, 0.4) is 0 Å². The molecule has 0 saturated carbocycles. The predicted molar refractivity (Wildman–Crippen MR) is 64.3 cm³/mol. The number of hydrogen-bond acceptors (Lipinski definition) is 3. The summed E-state index contributed by atoms with van der Waals surface area (Å²) in [6, 6.07) is 6.18. The molecule has 0 radical (unpaired) electrons. The second-order valence-corrected chi connectivity index (χ2v) is 3.56. The molecule has 0 aliphatic carbocycles. The molecule has 0 heterocycles. The number of carboxylic acid groups (broad SMARTS) is 1. The van der Waals surface area contributed by atoms with Gasteiger partial charge in [0.2, 0.25) is 0 Å². The Hall–Kier alpha value is -1.88. The van der Waals surface area contributed by atoms with Crippen molar-refractivity contribution in [2.24, 2.45) is 0 Å². The first-order chi connectivity index (χ1) is 8.16. The van der Waals surface area contributed by atoms with Crippen molar-refractivity contribution in [1.29, 1.82) is 0 Å². The molecule has 0 atom stereocenters. The summed E-state index contributed by atoms with van der Waals surface area (Å²) in [6.45, 7) is 1.33. The van der Waals surface area contributed by atoms with E-state index < -0.39 is 5.97 Å². The van der Waals surface area contributed by atoms with Crippen LogP contribution in [0.4, 0.5) is 0 Å². The minimum Gasteiger partial charge on any atom is -0.478 e. The van der Waals surface area contributed by atoms with Crippen LogP contribution in [0.5, 0.6) is 0 Å². The molecule has 1 rings (SSSR count). The molecule has 0 fully saturated rings. The third-order valence-electron chi connectivity index (χ3n) is 2.29. The summed E-state index contributed by atoms with van der Waals surface area (Å²) < 4.78 is 0. The van der Waals surface area contributed by atoms with E-state index in [0.29, 0.717) is 6.54 Å². The number of carboxylic acids is 1. The van der Waals surface area contributed by atoms with Crippen LogP contribution in [-0.4, -0.2) is 37.1 Å². The fraction of sp³-hybridized carbons (Fsp3) is 0.333. The molecular weight excluding hydrogens is 220 g/mol. The summed E-state index contributed by atoms with van der Waals surface area (Å²) in [5, 5.41) is 14.6. The first-order valence-electron chi connectivity index (χ1n) is 5.42. The molecular formula is C12H16N2O3. The van der Waals surface area contributed by atoms with E-state index in [1.807, 2.05) is 7.05 Å². The molecule has 3 N–H and O–H groups in total. The number of aromatic carboxylic acids is 1. The fourth-order valence-electron chi connectivity index (χ4n) is 1.43. The Morgan fingerprint density at radius 2 is 1.82 bits per heavy atom. The van der Waals surface area contributed by atoms with Crippen LogP contribution in [0, 0.1) is 0 Å². The van der Waals surface area contributed by atoms with Crippen molar-refractivity contribution < 1.29 is 14.7 Å². The highest BCUT2D eigenvalue weighted by Crippen LogP contribution is 2.08. The fourth-order valence-corrected chi connectivity index (χ4v) is 1.43. The van der Waals surface area contributed by atoms with Crippen LogP contribution >= 0.6 is 0 Å². The van der Waals surface area contributed by atoms with Crippen LogP contribution in [-0.2, 0) is 0 Å². The monoisotopic (exact) mass is 236 g/mol. The maximum Gasteiger partial charge on any atom is 0.336 e. The van der Waals surface area contributed by atoms with Gasteiger partial charge < -0.3 is 15.7 Å². The topological polar surface area (TPSA) is 78.4 Å². The molecule has 5 nitrogen and oxygen atoms in total. The lowest BCUT2D eigenvalue weighted by atomic mass is 10.1. The third kappa shape index (κ3) is 3.88. The smallest absolute Gasteiger partial charge is 0.336 e. The molecule has 0 unspecified atom stereocenters. The normalized spacial score (nSPS) is 9.94. The standard InChI is InChI=1S/C12H16N2O3/c1-13-7-4-8-14-11(15)9-5-2-3-6-10(9)12(16)17/h2-3,5-6,13H,4,7-8H2,1H3,(H,14,15)(H,16,17). The maximum atomic E-state index is 11.7. The van der Waals surface area contributed by atoms with Crippen LogP contribution in [0.15, 0.2) is 24.3 Å². The van der Waals surface area contributed by atoms with Gasteiger partial charge in [-0.1, -0.05) is 12.1 Å². The minimum atomic E-state index is -1.09. The number of carbonyl (C=O) groups excluding carboxylic acids is 1. The highest BCUT2D eigenvalue weighted by molar-refractivity contribution is 6.04. The van der Waals surface area contributed by atoms with Crippen LogP contribution in [0.2, 0.25) is 0 Å². The third-order valence-corrected chi connectivity index (χ3v) is 2.29. The number of rotatable bonds is 6. The zero-order chi connectivity index (χ0) is 12.7. The molecule has 0 aliphatic rings. The van der Waals surface area contributed by atoms with Crippen molar-refractivity contribution in [3.05, 3.63) is 35.4 Å². The molecule has 1 amide bonds. The molecule has 0 saturated heterocycles. The second kappa shape index (κ2) is 6.65. The lowest BCUT2D eigenvalue weighted by molar-refractivity contribution is 0.0691. The first-order valence-corrected chi connectivity index (χ1v) is 5.42. The van der Waals surface area contributed by atoms with Crippen molar-refractivity contribution >= 4 is 11.9 Å². The van der Waals surface area contributed by atoms with Crippen LogP contribution < -0.4 is 10.6 Å². The van der Waals surface area contributed by atoms with Crippen molar-refractivity contribution in [1.82, 2.24) is 10.6 Å². The summed E-state index contributed by atoms with van der Waals surface area (Å²) in [5.74, 6) is -1.44. The number of amides is 1. The van der Waals surface area contributed by atoms with Crippen molar-refractivity contribution in [3.8, 4) is 0 Å². The van der Waals surface area contributed by atoms with E-state index in [9.17, 15) is 9.59 Å². The second-order valence-electron chi connectivity index (χ2n) is 3.56. The predicted octanol–water partition coefficient (Wildman–Crippen LogP) is 0.724. The van der Waals surface area contributed by atoms with Crippen molar-refractivity contribution in [2.45, 2.75) is 6.42 Å². The van der Waals surface area contributed by atoms with E-state index >= 15 is 0 Å². The van der Waals surface area contributed by atoms with Gasteiger partial charge in [0.1, 0.15) is 0 Å². The quantitative estimate of drug-likeness (QED) is 0.636. The van der Waals surface area contributed by atoms with E-state index in [2.05, 4.69) is 10.6 Å². The summed E-state index contributed by atoms with van der Waals surface area (Å²) in [4.78, 5) is 22.7. The molecule has 1 aromatic rings. The maximum absolute atomic E-state index is 11.7. The van der Waals surface area contributed by atoms with Gasteiger partial charge in [-0.15, -0.1) is 0 Å². The summed E-state index contributed by atoms with van der Waals surface area (Å²) in [6.07, 6.45) is 0.803. The van der Waals surface area contributed by atoms with Gasteiger partial charge in [0.15, 0.2) is 0 Å². The van der Waals surface area contributed by atoms with Gasteiger partial charge in [-0.25, -0.2) is 4.79 Å². The van der Waals surface area contributed by atoms with Gasteiger partial charge in [-0.2, -0.15) is 0 Å². The number of benzene rings is 1. The zero-order valence-corrected chi connectivity index (χ0v) is 9.69. The highest BCUT2D eigenvalue weighted by Gasteiger charge is 2.14. The summed E-state index contributed by atoms with van der Waals surface area (Å²) in [7, 11) is 1.83. The van der Waals surface area contributed by atoms with Crippen molar-refractivity contribution in [2.75, 3.05) is 20.1 Å². The van der Waals surface area contributed by atoms with Crippen LogP contribution in [0.25, 0.3) is 0 Å². The van der Waals surface area contributed by atoms with Gasteiger partial charge in [0.25, 0.3) is 5.91 Å². The Bertz CT molecular complexity index is 404. The Morgan fingerprint density at radius 1 is 1.18 bits per heavy atom. The number of hydrogen-bond donors (Lipinski definition) is 3. The Morgan fingerprint density at radius 3 is 2.41 bits per heavy atom. The molecule has 17 heavy (non-hydrogen) atoms. The molecule has 0 aromatic heterocycles. The van der Waals surface area contributed by atoms with Crippen molar-refractivity contribution in [3.63, 3.8) is 0 Å². The molecule has 92 valence electrons. The lowest BCUT2D eigenvalue weighted by Crippen LogP contribution is -2.28. The van der Waals surface area contributed by atoms with Gasteiger partial charge in [0.05, 0.1) is 11.1 Å². The van der Waals surface area contributed by atoms with E-state index in [4.69, 9.17) is 5.11 Å². The molecule has 0 spiro atoms. The largest absolute Gasteiger partial charge is 0.478 e. The molecule has 5 heteroatoms. The van der Waals surface area contributed by atoms with Gasteiger partial charge >= 0.3 is 5.97 Å². The van der Waals surface area contributed by atoms with Gasteiger partial charge in [-0.05, 0) is 32.1 Å². The highest BCUT2D eigenvalue weighted by atomic mass is 16.4. The van der Waals surface area contributed by atoms with E-state index in [-0.39, 0.29) is 17.0 Å². The Kier molecular flexibility index (Phi) is 5.16. The summed E-state index contributed by atoms with van der Waals surface area (Å²) in [5.41, 5.74) is 0.225. The first kappa shape index (κ1) is 13.2. The molecule has 1 aromatic carbocycles. The average Bonchev–Trinajstić information content (AvgIpc) is 2.34. The Labute approximate surface area is 99.8 Å². The number of nitrogens with one attached hydrogen (secondary N) is 2. The Balaban J connectivity index is 2.65. The lowest BCUT2D eigenvalue weighted by Gasteiger charge is -2.07. The SMILES string of the molecule is CNCCCNC(=O)c1ccccc1C(=O)O. The average molecular weight is 236 g/mol. The van der Waals surface area contributed by atoms with E-state index in [1.54, 1.807) is 12.1 Å². The summed E-state index contributed by atoms with van der Waals surface area (Å²) >= 11 is 0. The zero-order valence-electron chi connectivity index (χ0n) is 9.69. The molecule has 0 bridgehead atoms.